The molecule has 0 aliphatic rings. The van der Waals surface area contributed by atoms with E-state index in [4.69, 9.17) is 27.1 Å². The molecule has 0 bridgehead atoms. The summed E-state index contributed by atoms with van der Waals surface area (Å²) in [5, 5.41) is 0.464. The molecule has 0 radical (unpaired) electrons. The number of amides is 1. The second-order valence-electron chi connectivity index (χ2n) is 7.14. The number of rotatable bonds is 6. The van der Waals surface area contributed by atoms with E-state index in [9.17, 15) is 4.79 Å². The van der Waals surface area contributed by atoms with Crippen LogP contribution in [0.1, 0.15) is 59.8 Å². The molecule has 0 saturated heterocycles. The first-order chi connectivity index (χ1) is 13.3. The maximum Gasteiger partial charge on any atom is 0.268 e. The van der Waals surface area contributed by atoms with Crippen LogP contribution in [0.3, 0.4) is 0 Å². The Morgan fingerprint density at radius 1 is 1.21 bits per heavy atom. The van der Waals surface area contributed by atoms with Crippen molar-refractivity contribution in [2.24, 2.45) is 5.73 Å². The van der Waals surface area contributed by atoms with E-state index < -0.39 is 5.91 Å². The Kier molecular flexibility index (Phi) is 5.66. The minimum Gasteiger partial charge on any atom is -0.496 e. The Balaban J connectivity index is 2.33. The zero-order valence-electron chi connectivity index (χ0n) is 17.0. The van der Waals surface area contributed by atoms with Crippen LogP contribution in [0, 0.1) is 13.8 Å². The van der Waals surface area contributed by atoms with Crippen LogP contribution in [0.5, 0.6) is 5.75 Å². The van der Waals surface area contributed by atoms with E-state index in [1.165, 1.54) is 5.56 Å². The zero-order valence-corrected chi connectivity index (χ0v) is 17.7. The predicted molar refractivity (Wildman–Crippen MR) is 114 cm³/mol. The second kappa shape index (κ2) is 7.84. The fraction of sp³-hybridized carbons (Fsp3) is 0.364. The summed E-state index contributed by atoms with van der Waals surface area (Å²) in [7, 11) is 1.60. The third kappa shape index (κ3) is 3.35. The van der Waals surface area contributed by atoms with Crippen molar-refractivity contribution in [2.75, 3.05) is 7.11 Å². The van der Waals surface area contributed by atoms with Crippen LogP contribution in [-0.2, 0) is 0 Å². The molecule has 3 aromatic rings. The van der Waals surface area contributed by atoms with Crippen LogP contribution < -0.4 is 10.5 Å². The highest BCUT2D eigenvalue weighted by molar-refractivity contribution is 6.33. The van der Waals surface area contributed by atoms with Crippen LogP contribution in [0.2, 0.25) is 5.02 Å². The highest BCUT2D eigenvalue weighted by atomic mass is 35.5. The lowest BCUT2D eigenvalue weighted by molar-refractivity contribution is 0.0995. The number of aryl methyl sites for hydroxylation is 2. The third-order valence-corrected chi connectivity index (χ3v) is 5.67. The van der Waals surface area contributed by atoms with Crippen molar-refractivity contribution >= 4 is 23.2 Å². The van der Waals surface area contributed by atoms with Crippen molar-refractivity contribution in [2.45, 2.75) is 46.5 Å². The molecule has 2 heterocycles. The number of halogens is 1. The summed E-state index contributed by atoms with van der Waals surface area (Å²) < 4.78 is 7.15. The Bertz CT molecular complexity index is 1050. The predicted octanol–water partition coefficient (Wildman–Crippen LogP) is 5.28. The Hall–Kier alpha value is -2.53. The molecule has 5 nitrogen and oxygen atoms in total. The number of primary amides is 1. The number of carbonyl (C=O) groups excluding carboxylic acids is 1. The number of fused-ring (bicyclic) bond motifs is 1. The molecule has 3 rings (SSSR count). The van der Waals surface area contributed by atoms with Crippen LogP contribution in [0.4, 0.5) is 0 Å². The van der Waals surface area contributed by atoms with Gasteiger partial charge in [0.05, 0.1) is 12.1 Å². The zero-order chi connectivity index (χ0) is 20.6. The van der Waals surface area contributed by atoms with Gasteiger partial charge in [-0.1, -0.05) is 31.5 Å². The number of nitrogens with two attached hydrogens (primary N) is 1. The van der Waals surface area contributed by atoms with Gasteiger partial charge in [-0.3, -0.25) is 9.20 Å². The standard InChI is InChI=1S/C22H26ClN3O2/c1-6-14(7-2)15-8-13(4)22-25-19(20(21(24)27)26(22)11-15)16-9-12(3)18(28-5)10-17(16)23/h8-11,14H,6-7H2,1-5H3,(H2,24,27). The lowest BCUT2D eigenvalue weighted by Gasteiger charge is -2.15. The highest BCUT2D eigenvalue weighted by Gasteiger charge is 2.23. The number of imidazole rings is 1. The summed E-state index contributed by atoms with van der Waals surface area (Å²) in [4.78, 5) is 17.2. The van der Waals surface area contributed by atoms with Gasteiger partial charge in [-0.15, -0.1) is 0 Å². The van der Waals surface area contributed by atoms with Crippen molar-refractivity contribution in [3.05, 3.63) is 51.8 Å². The van der Waals surface area contributed by atoms with Crippen molar-refractivity contribution in [1.29, 1.82) is 0 Å². The number of benzene rings is 1. The van der Waals surface area contributed by atoms with Gasteiger partial charge in [-0.25, -0.2) is 4.98 Å². The summed E-state index contributed by atoms with van der Waals surface area (Å²) in [6.07, 6.45) is 4.04. The molecule has 0 fully saturated rings. The fourth-order valence-electron chi connectivity index (χ4n) is 3.81. The Morgan fingerprint density at radius 2 is 1.89 bits per heavy atom. The largest absolute Gasteiger partial charge is 0.496 e. The number of nitrogens with zero attached hydrogens (tertiary/aromatic N) is 2. The van der Waals surface area contributed by atoms with Gasteiger partial charge in [0.2, 0.25) is 0 Å². The van der Waals surface area contributed by atoms with Crippen molar-refractivity contribution in [3.63, 3.8) is 0 Å². The van der Waals surface area contributed by atoms with Gasteiger partial charge in [0, 0.05) is 11.8 Å². The molecule has 6 heteroatoms. The molecule has 0 spiro atoms. The molecule has 0 aliphatic heterocycles. The summed E-state index contributed by atoms with van der Waals surface area (Å²) in [5.74, 6) is 0.569. The number of ether oxygens (including phenoxy) is 1. The SMILES string of the molecule is CCC(CC)c1cc(C)c2nc(-c3cc(C)c(OC)cc3Cl)c(C(N)=O)n2c1. The number of methoxy groups -OCH3 is 1. The molecule has 28 heavy (non-hydrogen) atoms. The van der Waals surface area contributed by atoms with Gasteiger partial charge < -0.3 is 10.5 Å². The van der Waals surface area contributed by atoms with Crippen molar-refractivity contribution < 1.29 is 9.53 Å². The average molecular weight is 400 g/mol. The normalized spacial score (nSPS) is 11.4. The van der Waals surface area contributed by atoms with Crippen molar-refractivity contribution in [1.82, 2.24) is 9.38 Å². The van der Waals surface area contributed by atoms with Crippen LogP contribution in [0.15, 0.2) is 24.4 Å². The first-order valence-electron chi connectivity index (χ1n) is 9.49. The lowest BCUT2D eigenvalue weighted by Crippen LogP contribution is -2.15. The fourth-order valence-corrected chi connectivity index (χ4v) is 4.05. The van der Waals surface area contributed by atoms with E-state index in [2.05, 4.69) is 19.9 Å². The molecule has 0 aliphatic carbocycles. The molecule has 1 aromatic carbocycles. The van der Waals surface area contributed by atoms with Gasteiger partial charge in [0.1, 0.15) is 22.8 Å². The average Bonchev–Trinajstić information content (AvgIpc) is 3.04. The first-order valence-corrected chi connectivity index (χ1v) is 9.86. The number of pyridine rings is 1. The van der Waals surface area contributed by atoms with E-state index in [0.717, 1.165) is 24.0 Å². The maximum atomic E-state index is 12.4. The van der Waals surface area contributed by atoms with E-state index in [1.54, 1.807) is 13.2 Å². The quantitative estimate of drug-likeness (QED) is 0.612. The molecule has 0 saturated carbocycles. The Morgan fingerprint density at radius 3 is 2.46 bits per heavy atom. The van der Waals surface area contributed by atoms with E-state index in [1.807, 2.05) is 30.5 Å². The van der Waals surface area contributed by atoms with Crippen LogP contribution >= 0.6 is 11.6 Å². The van der Waals surface area contributed by atoms with Crippen LogP contribution in [-0.4, -0.2) is 22.4 Å². The van der Waals surface area contributed by atoms with Crippen molar-refractivity contribution in [3.8, 4) is 17.0 Å². The lowest BCUT2D eigenvalue weighted by atomic mass is 9.94. The molecular formula is C22H26ClN3O2. The minimum absolute atomic E-state index is 0.345. The number of carbonyl (C=O) groups is 1. The second-order valence-corrected chi connectivity index (χ2v) is 7.55. The van der Waals surface area contributed by atoms with E-state index in [-0.39, 0.29) is 0 Å². The molecule has 0 atom stereocenters. The first kappa shape index (κ1) is 20.2. The maximum absolute atomic E-state index is 12.4. The summed E-state index contributed by atoms with van der Waals surface area (Å²) in [6.45, 7) is 8.27. The third-order valence-electron chi connectivity index (χ3n) is 5.36. The monoisotopic (exact) mass is 399 g/mol. The smallest absolute Gasteiger partial charge is 0.268 e. The molecule has 2 N–H and O–H groups in total. The molecule has 2 aromatic heterocycles. The number of aromatic nitrogens is 2. The summed E-state index contributed by atoms with van der Waals surface area (Å²) in [6, 6.07) is 5.77. The van der Waals surface area contributed by atoms with E-state index in [0.29, 0.717) is 39.3 Å². The van der Waals surface area contributed by atoms with Gasteiger partial charge in [-0.2, -0.15) is 0 Å². The van der Waals surface area contributed by atoms with Crippen LogP contribution in [0.25, 0.3) is 16.9 Å². The van der Waals surface area contributed by atoms with Gasteiger partial charge in [-0.05, 0) is 61.4 Å². The summed E-state index contributed by atoms with van der Waals surface area (Å²) >= 11 is 6.50. The molecule has 1 amide bonds. The van der Waals surface area contributed by atoms with E-state index >= 15 is 0 Å². The topological polar surface area (TPSA) is 69.6 Å². The van der Waals surface area contributed by atoms with Gasteiger partial charge in [0.25, 0.3) is 5.91 Å². The molecule has 0 unspecified atom stereocenters. The highest BCUT2D eigenvalue weighted by Crippen LogP contribution is 2.36. The minimum atomic E-state index is -0.534. The number of hydrogen-bond acceptors (Lipinski definition) is 3. The summed E-state index contributed by atoms with van der Waals surface area (Å²) in [5.41, 5.74) is 11.1. The van der Waals surface area contributed by atoms with Gasteiger partial charge in [0.15, 0.2) is 0 Å². The Labute approximate surface area is 170 Å². The molecule has 148 valence electrons. The van der Waals surface area contributed by atoms with Gasteiger partial charge >= 0.3 is 0 Å². The number of hydrogen-bond donors (Lipinski definition) is 1. The molecular weight excluding hydrogens is 374 g/mol.